The van der Waals surface area contributed by atoms with Crippen LogP contribution in [0.5, 0.6) is 11.5 Å². The van der Waals surface area contributed by atoms with Crippen molar-refractivity contribution in [2.45, 2.75) is 13.5 Å². The van der Waals surface area contributed by atoms with Crippen LogP contribution < -0.4 is 10.1 Å². The van der Waals surface area contributed by atoms with Crippen molar-refractivity contribution in [1.29, 1.82) is 0 Å². The van der Waals surface area contributed by atoms with Crippen LogP contribution in [-0.2, 0) is 6.54 Å². The molecule has 110 valence electrons. The predicted octanol–water partition coefficient (Wildman–Crippen LogP) is 3.23. The third-order valence-corrected chi connectivity index (χ3v) is 3.12. The lowest BCUT2D eigenvalue weighted by Gasteiger charge is -2.11. The molecular formula is C15H16N2O4. The Bertz CT molecular complexity index is 671. The number of anilines is 1. The summed E-state index contributed by atoms with van der Waals surface area (Å²) in [5, 5.41) is 24.0. The minimum atomic E-state index is -0.437. The van der Waals surface area contributed by atoms with Gasteiger partial charge in [0.05, 0.1) is 12.0 Å². The molecule has 0 fully saturated rings. The van der Waals surface area contributed by atoms with Crippen LogP contribution in [0.4, 0.5) is 11.4 Å². The van der Waals surface area contributed by atoms with Gasteiger partial charge in [-0.1, -0.05) is 18.2 Å². The molecule has 0 heterocycles. The predicted molar refractivity (Wildman–Crippen MR) is 79.8 cm³/mol. The molecule has 0 saturated heterocycles. The van der Waals surface area contributed by atoms with Gasteiger partial charge in [0.25, 0.3) is 5.69 Å². The summed E-state index contributed by atoms with van der Waals surface area (Å²) in [6.45, 7) is 2.12. The summed E-state index contributed by atoms with van der Waals surface area (Å²) in [5.41, 5.74) is 1.94. The van der Waals surface area contributed by atoms with E-state index in [9.17, 15) is 15.2 Å². The molecule has 2 aromatic rings. The van der Waals surface area contributed by atoms with Crippen molar-refractivity contribution in [3.63, 3.8) is 0 Å². The zero-order chi connectivity index (χ0) is 15.4. The van der Waals surface area contributed by atoms with Gasteiger partial charge in [0, 0.05) is 18.2 Å². The van der Waals surface area contributed by atoms with Gasteiger partial charge in [-0.3, -0.25) is 10.1 Å². The van der Waals surface area contributed by atoms with Crippen molar-refractivity contribution in [2.24, 2.45) is 0 Å². The molecule has 2 aromatic carbocycles. The summed E-state index contributed by atoms with van der Waals surface area (Å²) in [4.78, 5) is 10.6. The Morgan fingerprint density at radius 3 is 2.76 bits per heavy atom. The van der Waals surface area contributed by atoms with Crippen molar-refractivity contribution < 1.29 is 14.8 Å². The van der Waals surface area contributed by atoms with E-state index in [1.807, 2.05) is 6.92 Å². The van der Waals surface area contributed by atoms with Gasteiger partial charge < -0.3 is 15.2 Å². The van der Waals surface area contributed by atoms with Crippen molar-refractivity contribution in [3.05, 3.63) is 57.6 Å². The quantitative estimate of drug-likeness (QED) is 0.651. The second kappa shape index (κ2) is 6.13. The summed E-state index contributed by atoms with van der Waals surface area (Å²) in [7, 11) is 1.47. The Morgan fingerprint density at radius 1 is 1.33 bits per heavy atom. The van der Waals surface area contributed by atoms with Crippen LogP contribution in [-0.4, -0.2) is 17.1 Å². The van der Waals surface area contributed by atoms with Crippen molar-refractivity contribution in [1.82, 2.24) is 0 Å². The number of phenols is 1. The van der Waals surface area contributed by atoms with Crippen LogP contribution >= 0.6 is 0 Å². The van der Waals surface area contributed by atoms with E-state index in [-0.39, 0.29) is 18.0 Å². The van der Waals surface area contributed by atoms with E-state index >= 15 is 0 Å². The fourth-order valence-corrected chi connectivity index (χ4v) is 2.02. The minimum Gasteiger partial charge on any atom is -0.504 e. The number of methoxy groups -OCH3 is 1. The molecule has 0 bridgehead atoms. The van der Waals surface area contributed by atoms with Gasteiger partial charge in [-0.25, -0.2) is 0 Å². The number of hydrogen-bond acceptors (Lipinski definition) is 5. The van der Waals surface area contributed by atoms with Gasteiger partial charge in [0.15, 0.2) is 11.5 Å². The third kappa shape index (κ3) is 3.22. The first-order valence-electron chi connectivity index (χ1n) is 6.36. The molecule has 21 heavy (non-hydrogen) atoms. The number of benzene rings is 2. The van der Waals surface area contributed by atoms with Crippen LogP contribution in [0.1, 0.15) is 11.1 Å². The van der Waals surface area contributed by atoms with Crippen LogP contribution in [0.3, 0.4) is 0 Å². The molecule has 0 saturated carbocycles. The van der Waals surface area contributed by atoms with E-state index < -0.39 is 4.92 Å². The van der Waals surface area contributed by atoms with Crippen molar-refractivity contribution in [2.75, 3.05) is 12.4 Å². The summed E-state index contributed by atoms with van der Waals surface area (Å²) < 4.78 is 5.03. The number of para-hydroxylation sites is 1. The van der Waals surface area contributed by atoms with Gasteiger partial charge in [-0.15, -0.1) is 0 Å². The molecule has 0 amide bonds. The van der Waals surface area contributed by atoms with Crippen molar-refractivity contribution >= 4 is 11.4 Å². The molecule has 0 aliphatic carbocycles. The minimum absolute atomic E-state index is 0.00276. The molecule has 0 spiro atoms. The topological polar surface area (TPSA) is 84.6 Å². The number of nitro groups is 1. The number of aryl methyl sites for hydroxylation is 1. The van der Waals surface area contributed by atoms with E-state index in [4.69, 9.17) is 4.74 Å². The molecule has 0 aliphatic heterocycles. The largest absolute Gasteiger partial charge is 0.504 e. The Balaban J connectivity index is 2.24. The standard InChI is InChI=1S/C15H16N2O4/c1-10-6-7-13(17(19)20)12(8-10)16-9-11-4-3-5-14(21-2)15(11)18/h3-8,16,18H,9H2,1-2H3. The molecule has 0 atom stereocenters. The van der Waals surface area contributed by atoms with E-state index in [0.29, 0.717) is 17.0 Å². The number of hydrogen-bond donors (Lipinski definition) is 2. The molecule has 0 aliphatic rings. The summed E-state index contributed by atoms with van der Waals surface area (Å²) in [6, 6.07) is 9.98. The second-order valence-electron chi connectivity index (χ2n) is 4.60. The maximum atomic E-state index is 11.0. The van der Waals surface area contributed by atoms with Crippen LogP contribution in [0.2, 0.25) is 0 Å². The lowest BCUT2D eigenvalue weighted by Crippen LogP contribution is -2.03. The van der Waals surface area contributed by atoms with Crippen molar-refractivity contribution in [3.8, 4) is 11.5 Å². The van der Waals surface area contributed by atoms with E-state index in [1.165, 1.54) is 13.2 Å². The average molecular weight is 288 g/mol. The number of aromatic hydroxyl groups is 1. The monoisotopic (exact) mass is 288 g/mol. The lowest BCUT2D eigenvalue weighted by molar-refractivity contribution is -0.384. The zero-order valence-electron chi connectivity index (χ0n) is 11.8. The zero-order valence-corrected chi connectivity index (χ0v) is 11.8. The van der Waals surface area contributed by atoms with E-state index in [1.54, 1.807) is 30.3 Å². The number of rotatable bonds is 5. The maximum Gasteiger partial charge on any atom is 0.292 e. The fourth-order valence-electron chi connectivity index (χ4n) is 2.02. The van der Waals surface area contributed by atoms with Crippen LogP contribution in [0.25, 0.3) is 0 Å². The number of nitro benzene ring substituents is 1. The van der Waals surface area contributed by atoms with E-state index in [0.717, 1.165) is 5.56 Å². The number of ether oxygens (including phenoxy) is 1. The maximum absolute atomic E-state index is 11.0. The average Bonchev–Trinajstić information content (AvgIpc) is 2.46. The highest BCUT2D eigenvalue weighted by Crippen LogP contribution is 2.31. The number of nitrogens with zero attached hydrogens (tertiary/aromatic N) is 1. The normalized spacial score (nSPS) is 10.2. The molecule has 0 unspecified atom stereocenters. The lowest BCUT2D eigenvalue weighted by atomic mass is 10.1. The molecule has 0 radical (unpaired) electrons. The first-order chi connectivity index (χ1) is 10.0. The molecule has 2 rings (SSSR count). The highest BCUT2D eigenvalue weighted by atomic mass is 16.6. The van der Waals surface area contributed by atoms with Crippen LogP contribution in [0.15, 0.2) is 36.4 Å². The second-order valence-corrected chi connectivity index (χ2v) is 4.60. The van der Waals surface area contributed by atoms with E-state index in [2.05, 4.69) is 5.32 Å². The molecule has 2 N–H and O–H groups in total. The first-order valence-corrected chi connectivity index (χ1v) is 6.36. The third-order valence-electron chi connectivity index (χ3n) is 3.12. The van der Waals surface area contributed by atoms with Gasteiger partial charge in [-0.2, -0.15) is 0 Å². The summed E-state index contributed by atoms with van der Waals surface area (Å²) in [5.74, 6) is 0.399. The summed E-state index contributed by atoms with van der Waals surface area (Å²) >= 11 is 0. The Labute approximate surface area is 122 Å². The highest BCUT2D eigenvalue weighted by molar-refractivity contribution is 5.63. The van der Waals surface area contributed by atoms with Gasteiger partial charge in [-0.05, 0) is 24.6 Å². The first kappa shape index (κ1) is 14.6. The summed E-state index contributed by atoms with van der Waals surface area (Å²) in [6.07, 6.45) is 0. The molecule has 0 aromatic heterocycles. The Hall–Kier alpha value is -2.76. The Kier molecular flexibility index (Phi) is 4.27. The highest BCUT2D eigenvalue weighted by Gasteiger charge is 2.14. The van der Waals surface area contributed by atoms with Gasteiger partial charge in [0.2, 0.25) is 0 Å². The fraction of sp³-hybridized carbons (Fsp3) is 0.200. The molecule has 6 nitrogen and oxygen atoms in total. The Morgan fingerprint density at radius 2 is 2.10 bits per heavy atom. The SMILES string of the molecule is COc1cccc(CNc2cc(C)ccc2[N+](=O)[O-])c1O. The van der Waals surface area contributed by atoms with Gasteiger partial charge in [0.1, 0.15) is 5.69 Å². The number of nitrogens with one attached hydrogen (secondary N) is 1. The van der Waals surface area contributed by atoms with Gasteiger partial charge >= 0.3 is 0 Å². The van der Waals surface area contributed by atoms with Crippen LogP contribution in [0, 0.1) is 17.0 Å². The smallest absolute Gasteiger partial charge is 0.292 e. The molecular weight excluding hydrogens is 272 g/mol. The molecule has 6 heteroatoms. The number of phenolic OH excluding ortho intramolecular Hbond substituents is 1.